The summed E-state index contributed by atoms with van der Waals surface area (Å²) >= 11 is 0. The molecule has 0 radical (unpaired) electrons. The third kappa shape index (κ3) is 6.78. The van der Waals surface area contributed by atoms with Crippen LogP contribution in [0.5, 0.6) is 11.8 Å². The summed E-state index contributed by atoms with van der Waals surface area (Å²) in [4.78, 5) is 9.22. The molecule has 0 N–H and O–H groups in total. The van der Waals surface area contributed by atoms with E-state index < -0.39 is 11.7 Å². The van der Waals surface area contributed by atoms with Crippen LogP contribution in [0.15, 0.2) is 30.5 Å². The predicted octanol–water partition coefficient (Wildman–Crippen LogP) is 6.40. The molecule has 0 saturated carbocycles. The molecule has 0 aliphatic carbocycles. The van der Waals surface area contributed by atoms with Crippen LogP contribution in [0.1, 0.15) is 57.9 Å². The third-order valence-electron chi connectivity index (χ3n) is 4.58. The largest absolute Gasteiger partial charge is 0.491 e. The molecule has 2 aromatic rings. The molecule has 166 valence electrons. The molecule has 0 saturated heterocycles. The predicted molar refractivity (Wildman–Crippen MR) is 112 cm³/mol. The first kappa shape index (κ1) is 23.8. The summed E-state index contributed by atoms with van der Waals surface area (Å²) in [5.74, 6) is 0.237. The van der Waals surface area contributed by atoms with E-state index in [2.05, 4.69) is 23.8 Å². The minimum Gasteiger partial charge on any atom is -0.491 e. The summed E-state index contributed by atoms with van der Waals surface area (Å²) in [7, 11) is 1.53. The highest BCUT2D eigenvalue weighted by Crippen LogP contribution is 2.40. The van der Waals surface area contributed by atoms with Crippen LogP contribution in [-0.4, -0.2) is 30.2 Å². The maximum Gasteiger partial charge on any atom is 0.421 e. The maximum absolute atomic E-state index is 13.6. The first-order valence-corrected chi connectivity index (χ1v) is 10.4. The average Bonchev–Trinajstić information content (AvgIpc) is 2.73. The van der Waals surface area contributed by atoms with E-state index in [0.717, 1.165) is 44.7 Å². The summed E-state index contributed by atoms with van der Waals surface area (Å²) < 4.78 is 52.2. The van der Waals surface area contributed by atoms with Crippen LogP contribution in [0.3, 0.4) is 0 Å². The molecule has 0 fully saturated rings. The molecule has 5 nitrogen and oxygen atoms in total. The van der Waals surface area contributed by atoms with Gasteiger partial charge in [0.25, 0.3) is 0 Å². The number of unbranched alkanes of at least 4 members (excludes halogenated alkanes) is 4. The summed E-state index contributed by atoms with van der Waals surface area (Å²) in [6, 6.07) is 6.93. The Bertz CT molecular complexity index is 784. The summed E-state index contributed by atoms with van der Waals surface area (Å²) in [6.07, 6.45) is 1.92. The monoisotopic (exact) mass is 425 g/mol. The van der Waals surface area contributed by atoms with Crippen LogP contribution in [-0.2, 0) is 6.18 Å². The topological polar surface area (TPSA) is 47.5 Å². The molecule has 1 aromatic carbocycles. The maximum atomic E-state index is 13.6. The Morgan fingerprint density at radius 2 is 1.57 bits per heavy atom. The van der Waals surface area contributed by atoms with E-state index in [1.807, 2.05) is 0 Å². The minimum absolute atomic E-state index is 0.0673. The number of para-hydroxylation sites is 2. The number of benzene rings is 1. The molecule has 8 heteroatoms. The number of rotatable bonds is 12. The summed E-state index contributed by atoms with van der Waals surface area (Å²) in [6.45, 7) is 5.01. The number of aromatic nitrogens is 2. The molecule has 0 unspecified atom stereocenters. The van der Waals surface area contributed by atoms with Crippen molar-refractivity contribution in [3.05, 3.63) is 36.0 Å². The van der Waals surface area contributed by atoms with Gasteiger partial charge in [0.1, 0.15) is 11.3 Å². The molecule has 1 heterocycles. The van der Waals surface area contributed by atoms with Crippen LogP contribution in [0.4, 0.5) is 24.7 Å². The molecule has 0 amide bonds. The molecule has 30 heavy (non-hydrogen) atoms. The van der Waals surface area contributed by atoms with E-state index in [-0.39, 0.29) is 11.8 Å². The van der Waals surface area contributed by atoms with Gasteiger partial charge in [0.2, 0.25) is 0 Å². The molecular formula is C22H30F3N3O2. The molecule has 0 aliphatic heterocycles. The van der Waals surface area contributed by atoms with Crippen molar-refractivity contribution in [3.63, 3.8) is 0 Å². The first-order chi connectivity index (χ1) is 14.4. The van der Waals surface area contributed by atoms with Crippen LogP contribution in [0, 0.1) is 0 Å². The molecular weight excluding hydrogens is 395 g/mol. The Morgan fingerprint density at radius 1 is 0.933 bits per heavy atom. The van der Waals surface area contributed by atoms with Gasteiger partial charge in [-0.1, -0.05) is 51.7 Å². The summed E-state index contributed by atoms with van der Waals surface area (Å²) in [5, 5.41) is 0. The van der Waals surface area contributed by atoms with Crippen LogP contribution in [0.2, 0.25) is 0 Å². The zero-order valence-corrected chi connectivity index (χ0v) is 17.8. The fourth-order valence-electron chi connectivity index (χ4n) is 2.90. The number of hydrogen-bond acceptors (Lipinski definition) is 5. The quantitative estimate of drug-likeness (QED) is 0.368. The lowest BCUT2D eigenvalue weighted by molar-refractivity contribution is -0.137. The Balaban J connectivity index is 2.31. The second-order valence-electron chi connectivity index (χ2n) is 7.03. The lowest BCUT2D eigenvalue weighted by Gasteiger charge is -2.24. The third-order valence-corrected chi connectivity index (χ3v) is 4.58. The fraction of sp³-hybridized carbons (Fsp3) is 0.545. The van der Waals surface area contributed by atoms with Crippen molar-refractivity contribution >= 4 is 11.5 Å². The van der Waals surface area contributed by atoms with Gasteiger partial charge in [0.15, 0.2) is 5.82 Å². The molecule has 0 spiro atoms. The zero-order chi connectivity index (χ0) is 22.0. The van der Waals surface area contributed by atoms with Gasteiger partial charge in [-0.15, -0.1) is 0 Å². The van der Waals surface area contributed by atoms with Crippen molar-refractivity contribution in [1.29, 1.82) is 0 Å². The second kappa shape index (κ2) is 11.6. The van der Waals surface area contributed by atoms with E-state index in [1.54, 1.807) is 24.3 Å². The van der Waals surface area contributed by atoms with E-state index in [0.29, 0.717) is 24.7 Å². The van der Waals surface area contributed by atoms with Gasteiger partial charge in [0.05, 0.1) is 18.9 Å². The lowest BCUT2D eigenvalue weighted by Crippen LogP contribution is -2.20. The number of alkyl halides is 3. The molecule has 0 bridgehead atoms. The average molecular weight is 425 g/mol. The van der Waals surface area contributed by atoms with Crippen molar-refractivity contribution in [2.75, 3.05) is 25.2 Å². The van der Waals surface area contributed by atoms with E-state index in [9.17, 15) is 13.2 Å². The highest BCUT2D eigenvalue weighted by molar-refractivity contribution is 5.68. The minimum atomic E-state index is -4.60. The van der Waals surface area contributed by atoms with Crippen molar-refractivity contribution < 1.29 is 22.6 Å². The van der Waals surface area contributed by atoms with Crippen molar-refractivity contribution in [2.45, 2.75) is 58.5 Å². The smallest absolute Gasteiger partial charge is 0.421 e. The van der Waals surface area contributed by atoms with E-state index in [4.69, 9.17) is 9.47 Å². The number of halogens is 3. The summed E-state index contributed by atoms with van der Waals surface area (Å²) in [5.41, 5.74) is -0.429. The first-order valence-electron chi connectivity index (χ1n) is 10.4. The van der Waals surface area contributed by atoms with Gasteiger partial charge >= 0.3 is 12.2 Å². The van der Waals surface area contributed by atoms with E-state index in [1.165, 1.54) is 11.9 Å². The standard InChI is InChI=1S/C22H30F3N3O2/c1-4-6-10-14-29-19-13-9-8-12-18(19)28(3)20-17(22(23,24)25)16-26-21(27-20)30-15-11-7-5-2/h8-9,12-13,16H,4-7,10-11,14-15H2,1-3H3. The zero-order valence-electron chi connectivity index (χ0n) is 17.8. The fourth-order valence-corrected chi connectivity index (χ4v) is 2.90. The number of nitrogens with zero attached hydrogens (tertiary/aromatic N) is 3. The normalized spacial score (nSPS) is 11.4. The number of hydrogen-bond donors (Lipinski definition) is 0. The Labute approximate surface area is 176 Å². The highest BCUT2D eigenvalue weighted by atomic mass is 19.4. The number of anilines is 2. The van der Waals surface area contributed by atoms with Crippen LogP contribution >= 0.6 is 0 Å². The Hall–Kier alpha value is -2.51. The van der Waals surface area contributed by atoms with Crippen molar-refractivity contribution in [2.24, 2.45) is 0 Å². The van der Waals surface area contributed by atoms with Gasteiger partial charge in [0, 0.05) is 13.2 Å². The van der Waals surface area contributed by atoms with Crippen molar-refractivity contribution in [3.8, 4) is 11.8 Å². The lowest BCUT2D eigenvalue weighted by atomic mass is 10.2. The molecule has 0 atom stereocenters. The molecule has 1 aromatic heterocycles. The Morgan fingerprint density at radius 3 is 2.20 bits per heavy atom. The van der Waals surface area contributed by atoms with Gasteiger partial charge in [-0.25, -0.2) is 4.98 Å². The van der Waals surface area contributed by atoms with Gasteiger partial charge < -0.3 is 14.4 Å². The van der Waals surface area contributed by atoms with Crippen LogP contribution in [0.25, 0.3) is 0 Å². The molecule has 0 aliphatic rings. The highest BCUT2D eigenvalue weighted by Gasteiger charge is 2.37. The van der Waals surface area contributed by atoms with Crippen LogP contribution < -0.4 is 14.4 Å². The SMILES string of the molecule is CCCCCOc1ncc(C(F)(F)F)c(N(C)c2ccccc2OCCCCC)n1. The molecule has 2 rings (SSSR count). The van der Waals surface area contributed by atoms with Gasteiger partial charge in [-0.2, -0.15) is 18.2 Å². The van der Waals surface area contributed by atoms with Gasteiger partial charge in [-0.3, -0.25) is 0 Å². The van der Waals surface area contributed by atoms with E-state index >= 15 is 0 Å². The second-order valence-corrected chi connectivity index (χ2v) is 7.03. The number of ether oxygens (including phenoxy) is 2. The van der Waals surface area contributed by atoms with Gasteiger partial charge in [-0.05, 0) is 25.0 Å². The van der Waals surface area contributed by atoms with Crippen molar-refractivity contribution in [1.82, 2.24) is 9.97 Å². The Kier molecular flexibility index (Phi) is 9.20.